The number of carboxylic acids is 1. The molecule has 186 valence electrons. The predicted molar refractivity (Wildman–Crippen MR) is 124 cm³/mol. The maximum atomic E-state index is 12.2. The minimum Gasteiger partial charge on any atom is -0.480 e. The molecule has 0 fully saturated rings. The Labute approximate surface area is 197 Å². The molecular weight excluding hydrogens is 464 g/mol. The van der Waals surface area contributed by atoms with Gasteiger partial charge in [-0.3, -0.25) is 14.3 Å². The fourth-order valence-electron chi connectivity index (χ4n) is 3.63. The normalized spacial score (nSPS) is 14.3. The van der Waals surface area contributed by atoms with Crippen LogP contribution in [0.25, 0.3) is 0 Å². The van der Waals surface area contributed by atoms with E-state index in [9.17, 15) is 23.1 Å². The van der Waals surface area contributed by atoms with Crippen LogP contribution in [0.15, 0.2) is 18.3 Å². The Morgan fingerprint density at radius 1 is 1.38 bits per heavy atom. The van der Waals surface area contributed by atoms with Gasteiger partial charge < -0.3 is 20.9 Å². The number of carbonyl (C=O) groups is 2. The molecule has 5 N–H and O–H groups in total. The summed E-state index contributed by atoms with van der Waals surface area (Å²) >= 11 is 0. The van der Waals surface area contributed by atoms with Gasteiger partial charge in [-0.05, 0) is 31.4 Å². The molecule has 34 heavy (non-hydrogen) atoms. The fraction of sp³-hybridized carbons (Fsp3) is 0.524. The zero-order chi connectivity index (χ0) is 24.7. The van der Waals surface area contributed by atoms with Gasteiger partial charge in [-0.15, -0.1) is 0 Å². The lowest BCUT2D eigenvalue weighted by Gasteiger charge is -2.17. The highest BCUT2D eigenvalue weighted by Crippen LogP contribution is 2.20. The summed E-state index contributed by atoms with van der Waals surface area (Å²) in [4.78, 5) is 28.3. The Hall–Kier alpha value is -3.03. The number of primary amides is 1. The molecule has 0 aliphatic carbocycles. The van der Waals surface area contributed by atoms with Gasteiger partial charge in [0, 0.05) is 44.4 Å². The van der Waals surface area contributed by atoms with Crippen LogP contribution < -0.4 is 15.8 Å². The van der Waals surface area contributed by atoms with Crippen LogP contribution in [0.3, 0.4) is 0 Å². The number of carbonyl (C=O) groups excluding carboxylic acids is 1. The first kappa shape index (κ1) is 25.6. The molecule has 1 aliphatic heterocycles. The van der Waals surface area contributed by atoms with Crippen molar-refractivity contribution in [3.05, 3.63) is 40.8 Å². The van der Waals surface area contributed by atoms with Crippen molar-refractivity contribution in [3.63, 3.8) is 0 Å². The quantitative estimate of drug-likeness (QED) is 0.277. The van der Waals surface area contributed by atoms with E-state index in [0.29, 0.717) is 19.6 Å². The third-order valence-electron chi connectivity index (χ3n) is 5.37. The molecule has 0 saturated heterocycles. The summed E-state index contributed by atoms with van der Waals surface area (Å²) in [6.07, 6.45) is 3.69. The van der Waals surface area contributed by atoms with Crippen molar-refractivity contribution in [3.8, 4) is 0 Å². The number of fused-ring (bicyclic) bond motifs is 1. The van der Waals surface area contributed by atoms with Gasteiger partial charge in [-0.25, -0.2) is 18.1 Å². The number of nitrogens with two attached hydrogens (primary N) is 1. The van der Waals surface area contributed by atoms with Crippen LogP contribution in [0.4, 0.5) is 5.82 Å². The predicted octanol–water partition coefficient (Wildman–Crippen LogP) is -0.0706. The molecule has 0 aromatic carbocycles. The summed E-state index contributed by atoms with van der Waals surface area (Å²) in [6.45, 7) is 3.26. The maximum Gasteiger partial charge on any atom is 0.322 e. The number of aromatic nitrogens is 3. The van der Waals surface area contributed by atoms with Crippen LogP contribution in [0.5, 0.6) is 0 Å². The Morgan fingerprint density at radius 3 is 2.88 bits per heavy atom. The first-order valence-electron chi connectivity index (χ1n) is 11.1. The van der Waals surface area contributed by atoms with Crippen molar-refractivity contribution in [2.24, 2.45) is 5.73 Å². The molecule has 1 atom stereocenters. The molecule has 13 heteroatoms. The SMILES string of the molecule is CCOCCS(=O)(=O)N[C@@H](Cc1nn(CCc2ccc3c(n2)NCCC3)cc1C(N)=O)C(=O)O. The molecule has 0 bridgehead atoms. The lowest BCUT2D eigenvalue weighted by atomic mass is 10.1. The number of sulfonamides is 1. The number of hydrogen-bond acceptors (Lipinski definition) is 8. The molecule has 1 amide bonds. The highest BCUT2D eigenvalue weighted by atomic mass is 32.2. The van der Waals surface area contributed by atoms with E-state index >= 15 is 0 Å². The molecular formula is C21H30N6O6S. The molecule has 0 saturated carbocycles. The van der Waals surface area contributed by atoms with Crippen LogP contribution in [-0.2, 0) is 45.4 Å². The van der Waals surface area contributed by atoms with E-state index in [1.807, 2.05) is 12.1 Å². The van der Waals surface area contributed by atoms with Gasteiger partial charge in [-0.1, -0.05) is 6.07 Å². The monoisotopic (exact) mass is 494 g/mol. The molecule has 0 unspecified atom stereocenters. The topological polar surface area (TPSA) is 179 Å². The number of amides is 1. The standard InChI is InChI=1S/C21H30N6O6S/c1-2-33-10-11-34(31,32)26-18(21(29)30)12-17-16(19(22)28)13-27(25-17)9-7-15-6-5-14-4-3-8-23-20(14)24-15/h5-6,13,18,26H,2-4,7-12H2,1H3,(H2,22,28)(H,23,24)(H,29,30)/t18-/m0/s1. The van der Waals surface area contributed by atoms with E-state index < -0.39 is 27.9 Å². The number of nitrogens with one attached hydrogen (secondary N) is 2. The Balaban J connectivity index is 1.70. The highest BCUT2D eigenvalue weighted by Gasteiger charge is 2.27. The van der Waals surface area contributed by atoms with Gasteiger partial charge in [0.1, 0.15) is 11.9 Å². The zero-order valence-corrected chi connectivity index (χ0v) is 19.8. The van der Waals surface area contributed by atoms with Crippen molar-refractivity contribution in [1.29, 1.82) is 0 Å². The molecule has 1 aliphatic rings. The second kappa shape index (κ2) is 11.4. The van der Waals surface area contributed by atoms with E-state index in [1.165, 1.54) is 16.4 Å². The maximum absolute atomic E-state index is 12.2. The minimum atomic E-state index is -3.92. The number of anilines is 1. The average molecular weight is 495 g/mol. The molecule has 2 aromatic rings. The van der Waals surface area contributed by atoms with E-state index in [4.69, 9.17) is 10.5 Å². The summed E-state index contributed by atoms with van der Waals surface area (Å²) in [6, 6.07) is 2.48. The number of rotatable bonds is 13. The minimum absolute atomic E-state index is 0.0415. The third kappa shape index (κ3) is 6.98. The van der Waals surface area contributed by atoms with E-state index in [1.54, 1.807) is 6.92 Å². The van der Waals surface area contributed by atoms with Gasteiger partial charge in [0.15, 0.2) is 0 Å². The summed E-state index contributed by atoms with van der Waals surface area (Å²) in [5.74, 6) is -1.68. The summed E-state index contributed by atoms with van der Waals surface area (Å²) in [5, 5.41) is 17.1. The zero-order valence-electron chi connectivity index (χ0n) is 19.0. The Bertz CT molecular complexity index is 1130. The largest absolute Gasteiger partial charge is 0.480 e. The number of aliphatic carboxylic acids is 1. The number of ether oxygens (including phenoxy) is 1. The lowest BCUT2D eigenvalue weighted by molar-refractivity contribution is -0.138. The van der Waals surface area contributed by atoms with Crippen molar-refractivity contribution >= 4 is 27.7 Å². The smallest absolute Gasteiger partial charge is 0.322 e. The van der Waals surface area contributed by atoms with Gasteiger partial charge in [0.2, 0.25) is 10.0 Å². The van der Waals surface area contributed by atoms with Crippen LogP contribution in [-0.4, -0.2) is 71.7 Å². The molecule has 3 heterocycles. The van der Waals surface area contributed by atoms with E-state index in [2.05, 4.69) is 20.1 Å². The van der Waals surface area contributed by atoms with Gasteiger partial charge in [-0.2, -0.15) is 5.10 Å². The summed E-state index contributed by atoms with van der Waals surface area (Å²) in [7, 11) is -3.92. The Kier molecular flexibility index (Phi) is 8.58. The second-order valence-corrected chi connectivity index (χ2v) is 9.81. The first-order chi connectivity index (χ1) is 16.2. The van der Waals surface area contributed by atoms with E-state index in [-0.39, 0.29) is 30.0 Å². The van der Waals surface area contributed by atoms with Crippen molar-refractivity contribution in [2.75, 3.05) is 30.8 Å². The van der Waals surface area contributed by atoms with Crippen molar-refractivity contribution in [2.45, 2.75) is 45.2 Å². The number of pyridine rings is 1. The second-order valence-electron chi connectivity index (χ2n) is 7.94. The molecule has 0 spiro atoms. The molecule has 3 rings (SSSR count). The Morgan fingerprint density at radius 2 is 2.18 bits per heavy atom. The highest BCUT2D eigenvalue weighted by molar-refractivity contribution is 7.89. The molecule has 0 radical (unpaired) electrons. The summed E-state index contributed by atoms with van der Waals surface area (Å²) in [5.41, 5.74) is 7.62. The van der Waals surface area contributed by atoms with Crippen LogP contribution in [0, 0.1) is 0 Å². The molecule has 2 aromatic heterocycles. The molecule has 12 nitrogen and oxygen atoms in total. The third-order valence-corrected chi connectivity index (χ3v) is 6.72. The summed E-state index contributed by atoms with van der Waals surface area (Å²) < 4.78 is 33.1. The average Bonchev–Trinajstić information content (AvgIpc) is 3.20. The number of nitrogens with zero attached hydrogens (tertiary/aromatic N) is 3. The number of aryl methyl sites for hydroxylation is 3. The number of hydrogen-bond donors (Lipinski definition) is 4. The lowest BCUT2D eigenvalue weighted by Crippen LogP contribution is -2.44. The van der Waals surface area contributed by atoms with Crippen molar-refractivity contribution in [1.82, 2.24) is 19.5 Å². The fourth-order valence-corrected chi connectivity index (χ4v) is 4.70. The van der Waals surface area contributed by atoms with Gasteiger partial charge >= 0.3 is 5.97 Å². The van der Waals surface area contributed by atoms with Gasteiger partial charge in [0.05, 0.1) is 23.6 Å². The van der Waals surface area contributed by atoms with Crippen LogP contribution in [0.2, 0.25) is 0 Å². The number of carboxylic acid groups (broad SMARTS) is 1. The van der Waals surface area contributed by atoms with E-state index in [0.717, 1.165) is 30.9 Å². The van der Waals surface area contributed by atoms with Crippen LogP contribution >= 0.6 is 0 Å². The first-order valence-corrected chi connectivity index (χ1v) is 12.7. The van der Waals surface area contributed by atoms with Crippen LogP contribution in [0.1, 0.15) is 40.7 Å². The van der Waals surface area contributed by atoms with Gasteiger partial charge in [0.25, 0.3) is 5.91 Å². The van der Waals surface area contributed by atoms with Crippen molar-refractivity contribution < 1.29 is 27.9 Å².